The van der Waals surface area contributed by atoms with Crippen LogP contribution in [0.25, 0.3) is 0 Å². The molecule has 0 N–H and O–H groups in total. The molecular formula is C8H17F3O3Si. The zero-order valence-electron chi connectivity index (χ0n) is 9.35. The maximum atomic E-state index is 13.3. The van der Waals surface area contributed by atoms with Crippen LogP contribution < -0.4 is 0 Å². The second kappa shape index (κ2) is 5.83. The molecule has 1 atom stereocenters. The van der Waals surface area contributed by atoms with Crippen LogP contribution in [0.15, 0.2) is 0 Å². The average molecular weight is 246 g/mol. The Morgan fingerprint density at radius 3 is 1.87 bits per heavy atom. The van der Waals surface area contributed by atoms with E-state index in [1.807, 2.05) is 0 Å². The Morgan fingerprint density at radius 1 is 1.20 bits per heavy atom. The van der Waals surface area contributed by atoms with Gasteiger partial charge < -0.3 is 13.3 Å². The Kier molecular flexibility index (Phi) is 5.79. The molecule has 0 aliphatic heterocycles. The summed E-state index contributed by atoms with van der Waals surface area (Å²) in [5.74, 6) is -3.04. The van der Waals surface area contributed by atoms with Gasteiger partial charge in [0.15, 0.2) is 0 Å². The summed E-state index contributed by atoms with van der Waals surface area (Å²) >= 11 is 0. The second-order valence-corrected chi connectivity index (χ2v) is 5.62. The second-order valence-electron chi connectivity index (χ2n) is 3.12. The molecule has 0 aliphatic rings. The van der Waals surface area contributed by atoms with Crippen molar-refractivity contribution in [2.24, 2.45) is 0 Å². The summed E-state index contributed by atoms with van der Waals surface area (Å²) in [7, 11) is -3.30. The van der Waals surface area contributed by atoms with Gasteiger partial charge in [-0.3, -0.25) is 0 Å². The third-order valence-corrected chi connectivity index (χ3v) is 3.98. The molecular weight excluding hydrogens is 229 g/mol. The maximum absolute atomic E-state index is 13.3. The van der Waals surface area contributed by atoms with Crippen molar-refractivity contribution in [2.75, 3.05) is 13.2 Å². The van der Waals surface area contributed by atoms with Crippen LogP contribution in [-0.4, -0.2) is 34.3 Å². The van der Waals surface area contributed by atoms with Gasteiger partial charge in [0.2, 0.25) is 0 Å². The Labute approximate surface area is 88.9 Å². The van der Waals surface area contributed by atoms with Crippen LogP contribution in [0, 0.1) is 0 Å². The molecule has 0 saturated carbocycles. The van der Waals surface area contributed by atoms with Crippen LogP contribution in [0.1, 0.15) is 20.8 Å². The fraction of sp³-hybridized carbons (Fsp3) is 1.00. The van der Waals surface area contributed by atoms with Crippen molar-refractivity contribution in [1.82, 2.24) is 0 Å². The molecule has 0 spiro atoms. The van der Waals surface area contributed by atoms with Crippen LogP contribution in [0.4, 0.5) is 13.2 Å². The van der Waals surface area contributed by atoms with Gasteiger partial charge in [0.1, 0.15) is 0 Å². The number of rotatable bonds is 7. The van der Waals surface area contributed by atoms with E-state index in [9.17, 15) is 13.2 Å². The lowest BCUT2D eigenvalue weighted by molar-refractivity contribution is -0.182. The number of hydrogen-bond acceptors (Lipinski definition) is 3. The predicted molar refractivity (Wildman–Crippen MR) is 51.5 cm³/mol. The highest BCUT2D eigenvalue weighted by Gasteiger charge is 2.47. The van der Waals surface area contributed by atoms with E-state index in [0.29, 0.717) is 6.92 Å². The van der Waals surface area contributed by atoms with Crippen molar-refractivity contribution in [3.63, 3.8) is 0 Å². The van der Waals surface area contributed by atoms with Crippen molar-refractivity contribution in [1.29, 1.82) is 0 Å². The molecule has 1 unspecified atom stereocenters. The van der Waals surface area contributed by atoms with E-state index in [4.69, 9.17) is 8.85 Å². The van der Waals surface area contributed by atoms with Gasteiger partial charge in [-0.05, 0) is 20.8 Å². The highest BCUT2D eigenvalue weighted by molar-refractivity contribution is 6.59. The van der Waals surface area contributed by atoms with E-state index in [1.165, 1.54) is 6.55 Å². The first kappa shape index (κ1) is 14.9. The SMILES string of the molecule is CCO[Si](C)(OCC)OC(C)(F)C(F)F. The van der Waals surface area contributed by atoms with Crippen LogP contribution in [0.3, 0.4) is 0 Å². The standard InChI is InChI=1S/C8H17F3O3Si/c1-5-12-15(4,13-6-2)14-8(3,11)7(9)10/h7H,5-6H2,1-4H3. The summed E-state index contributed by atoms with van der Waals surface area (Å²) < 4.78 is 52.5. The van der Waals surface area contributed by atoms with Gasteiger partial charge >= 0.3 is 8.80 Å². The minimum Gasteiger partial charge on any atom is -0.374 e. The van der Waals surface area contributed by atoms with Gasteiger partial charge in [0.05, 0.1) is 0 Å². The quantitative estimate of drug-likeness (QED) is 0.646. The molecule has 0 rings (SSSR count). The summed E-state index contributed by atoms with van der Waals surface area (Å²) in [6.45, 7) is 5.82. The Hall–Kier alpha value is -0.113. The Bertz CT molecular complexity index is 184. The van der Waals surface area contributed by atoms with Crippen LogP contribution in [0.5, 0.6) is 0 Å². The van der Waals surface area contributed by atoms with Crippen LogP contribution >= 0.6 is 0 Å². The molecule has 3 nitrogen and oxygen atoms in total. The molecule has 0 aromatic carbocycles. The molecule has 0 fully saturated rings. The highest BCUT2D eigenvalue weighted by atomic mass is 28.4. The van der Waals surface area contributed by atoms with E-state index in [-0.39, 0.29) is 13.2 Å². The first-order valence-electron chi connectivity index (χ1n) is 4.72. The summed E-state index contributed by atoms with van der Waals surface area (Å²) in [4.78, 5) is 0. The summed E-state index contributed by atoms with van der Waals surface area (Å²) in [5, 5.41) is 0. The topological polar surface area (TPSA) is 27.7 Å². The van der Waals surface area contributed by atoms with Gasteiger partial charge in [-0.15, -0.1) is 0 Å². The number of halogens is 3. The van der Waals surface area contributed by atoms with Gasteiger partial charge in [-0.1, -0.05) is 0 Å². The first-order valence-corrected chi connectivity index (χ1v) is 6.95. The van der Waals surface area contributed by atoms with Crippen molar-refractivity contribution in [3.05, 3.63) is 0 Å². The minimum atomic E-state index is -3.30. The largest absolute Gasteiger partial charge is 0.500 e. The number of hydrogen-bond donors (Lipinski definition) is 0. The summed E-state index contributed by atoms with van der Waals surface area (Å²) in [5.41, 5.74) is 0. The monoisotopic (exact) mass is 246 g/mol. The minimum absolute atomic E-state index is 0.224. The summed E-state index contributed by atoms with van der Waals surface area (Å²) in [6, 6.07) is 0. The smallest absolute Gasteiger partial charge is 0.374 e. The lowest BCUT2D eigenvalue weighted by atomic mass is 10.4. The molecule has 0 bridgehead atoms. The first-order chi connectivity index (χ1) is 6.77. The van der Waals surface area contributed by atoms with Gasteiger partial charge in [0.25, 0.3) is 12.3 Å². The molecule has 92 valence electrons. The zero-order valence-corrected chi connectivity index (χ0v) is 10.4. The van der Waals surface area contributed by atoms with Crippen molar-refractivity contribution in [2.45, 2.75) is 39.6 Å². The number of alkyl halides is 3. The average Bonchev–Trinajstić information content (AvgIpc) is 2.02. The maximum Gasteiger partial charge on any atom is 0.500 e. The Balaban J connectivity index is 4.52. The molecule has 0 saturated heterocycles. The van der Waals surface area contributed by atoms with Crippen molar-refractivity contribution < 1.29 is 26.4 Å². The normalized spacial score (nSPS) is 16.8. The third-order valence-electron chi connectivity index (χ3n) is 1.59. The van der Waals surface area contributed by atoms with Crippen LogP contribution in [0.2, 0.25) is 6.55 Å². The highest BCUT2D eigenvalue weighted by Crippen LogP contribution is 2.27. The molecule has 0 radical (unpaired) electrons. The predicted octanol–water partition coefficient (Wildman–Crippen LogP) is 2.60. The van der Waals surface area contributed by atoms with E-state index >= 15 is 0 Å². The van der Waals surface area contributed by atoms with E-state index in [2.05, 4.69) is 4.43 Å². The van der Waals surface area contributed by atoms with E-state index in [1.54, 1.807) is 13.8 Å². The van der Waals surface area contributed by atoms with Gasteiger partial charge in [-0.2, -0.15) is 0 Å². The lowest BCUT2D eigenvalue weighted by Gasteiger charge is -2.31. The van der Waals surface area contributed by atoms with Gasteiger partial charge in [0, 0.05) is 19.8 Å². The van der Waals surface area contributed by atoms with E-state index < -0.39 is 21.1 Å². The molecule has 0 aromatic rings. The van der Waals surface area contributed by atoms with Gasteiger partial charge in [-0.25, -0.2) is 13.2 Å². The van der Waals surface area contributed by atoms with Crippen LogP contribution in [-0.2, 0) is 13.3 Å². The lowest BCUT2D eigenvalue weighted by Crippen LogP contribution is -2.50. The molecule has 0 aliphatic carbocycles. The van der Waals surface area contributed by atoms with Crippen molar-refractivity contribution >= 4 is 8.80 Å². The molecule has 7 heteroatoms. The fourth-order valence-electron chi connectivity index (χ4n) is 1.03. The summed E-state index contributed by atoms with van der Waals surface area (Å²) in [6.07, 6.45) is -3.23. The van der Waals surface area contributed by atoms with E-state index in [0.717, 1.165) is 0 Å². The molecule has 0 heterocycles. The third kappa shape index (κ3) is 4.96. The fourth-order valence-corrected chi connectivity index (χ4v) is 3.10. The Morgan fingerprint density at radius 2 is 1.60 bits per heavy atom. The molecule has 15 heavy (non-hydrogen) atoms. The zero-order chi connectivity index (χ0) is 12.1. The molecule has 0 amide bonds. The molecule has 0 aromatic heterocycles. The van der Waals surface area contributed by atoms with Crippen molar-refractivity contribution in [3.8, 4) is 0 Å².